The van der Waals surface area contributed by atoms with E-state index in [-0.39, 0.29) is 0 Å². The average molecular weight is 254 g/mol. The number of likely N-dealkylation sites (tertiary alicyclic amines) is 1. The van der Waals surface area contributed by atoms with E-state index in [9.17, 15) is 0 Å². The van der Waals surface area contributed by atoms with Gasteiger partial charge in [0.2, 0.25) is 0 Å². The third-order valence-electron chi connectivity index (χ3n) is 3.72. The van der Waals surface area contributed by atoms with Gasteiger partial charge in [-0.3, -0.25) is 9.89 Å². The summed E-state index contributed by atoms with van der Waals surface area (Å²) >= 11 is 0. The lowest BCUT2D eigenvalue weighted by molar-refractivity contribution is 0.0394. The van der Waals surface area contributed by atoms with Gasteiger partial charge in [0.05, 0.1) is 19.8 Å². The van der Waals surface area contributed by atoms with Gasteiger partial charge in [-0.05, 0) is 12.8 Å². The molecule has 0 aromatic heterocycles. The van der Waals surface area contributed by atoms with Gasteiger partial charge in [-0.15, -0.1) is 0 Å². The van der Waals surface area contributed by atoms with Crippen molar-refractivity contribution in [1.29, 1.82) is 0 Å². The van der Waals surface area contributed by atoms with E-state index in [1.165, 1.54) is 25.7 Å². The lowest BCUT2D eigenvalue weighted by Crippen LogP contribution is -2.40. The molecule has 2 rings (SSSR count). The van der Waals surface area contributed by atoms with Gasteiger partial charge >= 0.3 is 0 Å². The number of rotatable bonds is 3. The lowest BCUT2D eigenvalue weighted by atomic mass is 10.2. The predicted molar refractivity (Wildman–Crippen MR) is 73.8 cm³/mol. The van der Waals surface area contributed by atoms with E-state index in [1.54, 1.807) is 0 Å². The highest BCUT2D eigenvalue weighted by atomic mass is 16.5. The van der Waals surface area contributed by atoms with Crippen LogP contribution in [-0.2, 0) is 4.74 Å². The van der Waals surface area contributed by atoms with Crippen LogP contribution in [0.3, 0.4) is 0 Å². The van der Waals surface area contributed by atoms with Crippen molar-refractivity contribution in [2.24, 2.45) is 10.7 Å². The number of aliphatic imine (C=N–C) groups is 1. The Morgan fingerprint density at radius 1 is 1.00 bits per heavy atom. The summed E-state index contributed by atoms with van der Waals surface area (Å²) in [5.41, 5.74) is 6.07. The van der Waals surface area contributed by atoms with Crippen LogP contribution in [0.2, 0.25) is 0 Å². The van der Waals surface area contributed by atoms with Crippen molar-refractivity contribution in [2.45, 2.75) is 25.7 Å². The second kappa shape index (κ2) is 7.59. The summed E-state index contributed by atoms with van der Waals surface area (Å²) in [7, 11) is 0. The standard InChI is InChI=1S/C13H26N4O/c14-13(17-6-3-1-2-4-7-17)15-5-8-16-9-11-18-12-10-16/h1-12H2,(H2,14,15). The van der Waals surface area contributed by atoms with Crippen LogP contribution in [0.5, 0.6) is 0 Å². The molecule has 0 bridgehead atoms. The first-order valence-electron chi connectivity index (χ1n) is 7.21. The molecule has 2 saturated heterocycles. The highest BCUT2D eigenvalue weighted by Crippen LogP contribution is 2.09. The fourth-order valence-corrected chi connectivity index (χ4v) is 2.53. The molecule has 0 saturated carbocycles. The summed E-state index contributed by atoms with van der Waals surface area (Å²) in [6, 6.07) is 0. The molecule has 0 amide bonds. The number of nitrogens with two attached hydrogens (primary N) is 1. The summed E-state index contributed by atoms with van der Waals surface area (Å²) in [6.45, 7) is 7.72. The molecule has 0 spiro atoms. The van der Waals surface area contributed by atoms with Crippen molar-refractivity contribution in [3.63, 3.8) is 0 Å². The van der Waals surface area contributed by atoms with Crippen molar-refractivity contribution < 1.29 is 4.74 Å². The first kappa shape index (κ1) is 13.6. The maximum atomic E-state index is 6.07. The molecule has 2 N–H and O–H groups in total. The van der Waals surface area contributed by atoms with Crippen LogP contribution in [-0.4, -0.2) is 68.2 Å². The summed E-state index contributed by atoms with van der Waals surface area (Å²) < 4.78 is 5.33. The molecular weight excluding hydrogens is 228 g/mol. The largest absolute Gasteiger partial charge is 0.379 e. The molecule has 0 unspecified atom stereocenters. The zero-order valence-electron chi connectivity index (χ0n) is 11.3. The van der Waals surface area contributed by atoms with Crippen LogP contribution in [0, 0.1) is 0 Å². The zero-order chi connectivity index (χ0) is 12.6. The van der Waals surface area contributed by atoms with E-state index in [4.69, 9.17) is 10.5 Å². The Bertz CT molecular complexity index is 256. The van der Waals surface area contributed by atoms with Gasteiger partial charge in [0.25, 0.3) is 0 Å². The van der Waals surface area contributed by atoms with Crippen LogP contribution in [0.4, 0.5) is 0 Å². The van der Waals surface area contributed by atoms with Gasteiger partial charge in [-0.2, -0.15) is 0 Å². The first-order valence-corrected chi connectivity index (χ1v) is 7.21. The monoisotopic (exact) mass is 254 g/mol. The van der Waals surface area contributed by atoms with Gasteiger partial charge in [-0.1, -0.05) is 12.8 Å². The smallest absolute Gasteiger partial charge is 0.191 e. The molecule has 18 heavy (non-hydrogen) atoms. The number of hydrogen-bond acceptors (Lipinski definition) is 3. The second-order valence-electron chi connectivity index (χ2n) is 5.10. The van der Waals surface area contributed by atoms with Gasteiger partial charge in [0.15, 0.2) is 5.96 Å². The Kier molecular flexibility index (Phi) is 5.74. The number of ether oxygens (including phenoxy) is 1. The Hall–Kier alpha value is -0.810. The molecule has 2 fully saturated rings. The van der Waals surface area contributed by atoms with Gasteiger partial charge in [-0.25, -0.2) is 0 Å². The Morgan fingerprint density at radius 2 is 1.67 bits per heavy atom. The van der Waals surface area contributed by atoms with Crippen LogP contribution in [0.15, 0.2) is 4.99 Å². The summed E-state index contributed by atoms with van der Waals surface area (Å²) in [6.07, 6.45) is 5.16. The van der Waals surface area contributed by atoms with Gasteiger partial charge < -0.3 is 15.4 Å². The predicted octanol–water partition coefficient (Wildman–Crippen LogP) is 0.509. The molecule has 2 heterocycles. The van der Waals surface area contributed by atoms with Gasteiger partial charge in [0, 0.05) is 32.7 Å². The molecule has 2 aliphatic rings. The second-order valence-corrected chi connectivity index (χ2v) is 5.10. The van der Waals surface area contributed by atoms with E-state index in [1.807, 2.05) is 0 Å². The number of guanidine groups is 1. The van der Waals surface area contributed by atoms with Crippen LogP contribution in [0.1, 0.15) is 25.7 Å². The molecule has 104 valence electrons. The molecule has 0 aromatic carbocycles. The molecule has 0 aliphatic carbocycles. The Balaban J connectivity index is 1.69. The van der Waals surface area contributed by atoms with Crippen molar-refractivity contribution in [3.05, 3.63) is 0 Å². The molecular formula is C13H26N4O. The zero-order valence-corrected chi connectivity index (χ0v) is 11.3. The fraction of sp³-hybridized carbons (Fsp3) is 0.923. The molecule has 0 atom stereocenters. The van der Waals surface area contributed by atoms with E-state index in [0.29, 0.717) is 0 Å². The number of morpholine rings is 1. The first-order chi connectivity index (χ1) is 8.86. The Labute approximate surface area is 110 Å². The Morgan fingerprint density at radius 3 is 2.33 bits per heavy atom. The van der Waals surface area contributed by atoms with Crippen LogP contribution >= 0.6 is 0 Å². The van der Waals surface area contributed by atoms with E-state index in [0.717, 1.165) is 58.4 Å². The topological polar surface area (TPSA) is 54.1 Å². The van der Waals surface area contributed by atoms with Crippen molar-refractivity contribution >= 4 is 5.96 Å². The molecule has 0 radical (unpaired) electrons. The number of nitrogens with zero attached hydrogens (tertiary/aromatic N) is 3. The van der Waals surface area contributed by atoms with E-state index < -0.39 is 0 Å². The quantitative estimate of drug-likeness (QED) is 0.589. The third-order valence-corrected chi connectivity index (χ3v) is 3.72. The minimum Gasteiger partial charge on any atom is -0.379 e. The third kappa shape index (κ3) is 4.46. The minimum atomic E-state index is 0.741. The SMILES string of the molecule is NC(=NCCN1CCOCC1)N1CCCCCC1. The highest BCUT2D eigenvalue weighted by molar-refractivity contribution is 5.78. The van der Waals surface area contributed by atoms with E-state index >= 15 is 0 Å². The molecule has 5 nitrogen and oxygen atoms in total. The van der Waals surface area contributed by atoms with Crippen molar-refractivity contribution in [3.8, 4) is 0 Å². The minimum absolute atomic E-state index is 0.741. The molecule has 0 aromatic rings. The van der Waals surface area contributed by atoms with Crippen LogP contribution < -0.4 is 5.73 Å². The van der Waals surface area contributed by atoms with Crippen LogP contribution in [0.25, 0.3) is 0 Å². The van der Waals surface area contributed by atoms with Crippen molar-refractivity contribution in [1.82, 2.24) is 9.80 Å². The fourth-order valence-electron chi connectivity index (χ4n) is 2.53. The van der Waals surface area contributed by atoms with E-state index in [2.05, 4.69) is 14.8 Å². The van der Waals surface area contributed by atoms with Gasteiger partial charge in [0.1, 0.15) is 0 Å². The maximum Gasteiger partial charge on any atom is 0.191 e. The molecule has 2 aliphatic heterocycles. The molecule has 5 heteroatoms. The summed E-state index contributed by atoms with van der Waals surface area (Å²) in [4.78, 5) is 9.16. The maximum absolute atomic E-state index is 6.07. The lowest BCUT2D eigenvalue weighted by Gasteiger charge is -2.26. The number of hydrogen-bond donors (Lipinski definition) is 1. The summed E-state index contributed by atoms with van der Waals surface area (Å²) in [5.74, 6) is 0.741. The highest BCUT2D eigenvalue weighted by Gasteiger charge is 2.12. The average Bonchev–Trinajstić information content (AvgIpc) is 2.69. The normalized spacial score (nSPS) is 24.0. The van der Waals surface area contributed by atoms with Crippen molar-refractivity contribution in [2.75, 3.05) is 52.5 Å². The summed E-state index contributed by atoms with van der Waals surface area (Å²) in [5, 5.41) is 0.